The van der Waals surface area contributed by atoms with Gasteiger partial charge in [-0.1, -0.05) is 11.8 Å². The van der Waals surface area contributed by atoms with Crippen molar-refractivity contribution in [1.29, 1.82) is 0 Å². The molecule has 2 rings (SSSR count). The minimum Gasteiger partial charge on any atom is -0.496 e. The van der Waals surface area contributed by atoms with Gasteiger partial charge in [0.1, 0.15) is 17.4 Å². The molecule has 0 radical (unpaired) electrons. The Kier molecular flexibility index (Phi) is 3.04. The van der Waals surface area contributed by atoms with Gasteiger partial charge in [-0.15, -0.1) is 0 Å². The molecule has 0 unspecified atom stereocenters. The number of hydrogen-bond donors (Lipinski definition) is 1. The van der Waals surface area contributed by atoms with Crippen molar-refractivity contribution in [2.24, 2.45) is 5.73 Å². The van der Waals surface area contributed by atoms with Gasteiger partial charge in [-0.05, 0) is 38.0 Å². The van der Waals surface area contributed by atoms with Gasteiger partial charge in [-0.25, -0.2) is 0 Å². The van der Waals surface area contributed by atoms with Crippen LogP contribution < -0.4 is 15.2 Å². The summed E-state index contributed by atoms with van der Waals surface area (Å²) in [6.07, 6.45) is 0.775. The van der Waals surface area contributed by atoms with Gasteiger partial charge >= 0.3 is 0 Å². The van der Waals surface area contributed by atoms with E-state index in [1.54, 1.807) is 18.9 Å². The summed E-state index contributed by atoms with van der Waals surface area (Å²) in [5.41, 5.74) is 6.90. The van der Waals surface area contributed by atoms with Gasteiger partial charge in [0.05, 0.1) is 12.0 Å². The van der Waals surface area contributed by atoms with Crippen LogP contribution >= 0.6 is 11.8 Å². The SMILES string of the molecule is COc1cc2c(cc1CC(C)(C)N)OCS2. The summed E-state index contributed by atoms with van der Waals surface area (Å²) in [5.74, 6) is 2.54. The standard InChI is InChI=1S/C12H17NO2S/c1-12(2,13)6-8-4-10-11(16-7-15-10)5-9(8)14-3/h4-5H,6-7,13H2,1-3H3. The van der Waals surface area contributed by atoms with Crippen LogP contribution in [0.5, 0.6) is 11.5 Å². The van der Waals surface area contributed by atoms with E-state index >= 15 is 0 Å². The van der Waals surface area contributed by atoms with Crippen molar-refractivity contribution in [2.75, 3.05) is 13.0 Å². The zero-order valence-corrected chi connectivity index (χ0v) is 10.7. The van der Waals surface area contributed by atoms with E-state index in [0.29, 0.717) is 5.94 Å². The van der Waals surface area contributed by atoms with Crippen LogP contribution in [0.2, 0.25) is 0 Å². The second-order valence-electron chi connectivity index (χ2n) is 4.68. The van der Waals surface area contributed by atoms with E-state index in [2.05, 4.69) is 0 Å². The first kappa shape index (κ1) is 11.6. The summed E-state index contributed by atoms with van der Waals surface area (Å²) in [5, 5.41) is 0. The molecule has 1 aliphatic rings. The molecule has 0 saturated carbocycles. The maximum atomic E-state index is 6.03. The van der Waals surface area contributed by atoms with Gasteiger partial charge in [0.15, 0.2) is 0 Å². The fourth-order valence-electron chi connectivity index (χ4n) is 1.78. The van der Waals surface area contributed by atoms with E-state index in [0.717, 1.165) is 28.4 Å². The highest BCUT2D eigenvalue weighted by Crippen LogP contribution is 2.41. The molecule has 4 heteroatoms. The predicted octanol–water partition coefficient (Wildman–Crippen LogP) is 2.42. The van der Waals surface area contributed by atoms with Crippen molar-refractivity contribution < 1.29 is 9.47 Å². The summed E-state index contributed by atoms with van der Waals surface area (Å²) >= 11 is 1.69. The molecule has 1 aromatic rings. The van der Waals surface area contributed by atoms with E-state index in [1.807, 2.05) is 26.0 Å². The fraction of sp³-hybridized carbons (Fsp3) is 0.500. The highest BCUT2D eigenvalue weighted by atomic mass is 32.2. The number of methoxy groups -OCH3 is 1. The van der Waals surface area contributed by atoms with E-state index in [1.165, 1.54) is 0 Å². The molecular formula is C12H17NO2S. The molecule has 0 atom stereocenters. The monoisotopic (exact) mass is 239 g/mol. The third-order valence-corrected chi connectivity index (χ3v) is 3.29. The predicted molar refractivity (Wildman–Crippen MR) is 66.3 cm³/mol. The molecular weight excluding hydrogens is 222 g/mol. The normalized spacial score (nSPS) is 14.5. The minimum atomic E-state index is -0.243. The number of thioether (sulfide) groups is 1. The number of nitrogens with two attached hydrogens (primary N) is 1. The Bertz CT molecular complexity index is 399. The van der Waals surface area contributed by atoms with E-state index < -0.39 is 0 Å². The van der Waals surface area contributed by atoms with Crippen LogP contribution in [0.4, 0.5) is 0 Å². The van der Waals surface area contributed by atoms with Crippen molar-refractivity contribution in [3.63, 3.8) is 0 Å². The van der Waals surface area contributed by atoms with E-state index in [4.69, 9.17) is 15.2 Å². The molecule has 0 spiro atoms. The molecule has 2 N–H and O–H groups in total. The van der Waals surface area contributed by atoms with Crippen molar-refractivity contribution in [2.45, 2.75) is 30.7 Å². The lowest BCUT2D eigenvalue weighted by Crippen LogP contribution is -2.34. The first-order valence-corrected chi connectivity index (χ1v) is 6.23. The van der Waals surface area contributed by atoms with Crippen LogP contribution in [0.3, 0.4) is 0 Å². The van der Waals surface area contributed by atoms with Gasteiger partial charge in [0, 0.05) is 5.54 Å². The van der Waals surface area contributed by atoms with Gasteiger partial charge in [-0.3, -0.25) is 0 Å². The molecule has 0 fully saturated rings. The van der Waals surface area contributed by atoms with Crippen molar-refractivity contribution in [1.82, 2.24) is 0 Å². The van der Waals surface area contributed by atoms with Gasteiger partial charge in [0.25, 0.3) is 0 Å². The van der Waals surface area contributed by atoms with Gasteiger partial charge < -0.3 is 15.2 Å². The Labute approximate surface area is 100 Å². The first-order valence-electron chi connectivity index (χ1n) is 5.25. The number of ether oxygens (including phenoxy) is 2. The number of hydrogen-bond acceptors (Lipinski definition) is 4. The zero-order chi connectivity index (χ0) is 11.8. The Balaban J connectivity index is 2.36. The Hall–Kier alpha value is -0.870. The van der Waals surface area contributed by atoms with Crippen LogP contribution in [0.1, 0.15) is 19.4 Å². The average molecular weight is 239 g/mol. The summed E-state index contributed by atoms with van der Waals surface area (Å²) in [6, 6.07) is 4.08. The lowest BCUT2D eigenvalue weighted by molar-refractivity contribution is 0.384. The first-order chi connectivity index (χ1) is 7.49. The van der Waals surface area contributed by atoms with Gasteiger partial charge in [0.2, 0.25) is 0 Å². The lowest BCUT2D eigenvalue weighted by Gasteiger charge is -2.20. The van der Waals surface area contributed by atoms with E-state index in [9.17, 15) is 0 Å². The van der Waals surface area contributed by atoms with Gasteiger partial charge in [-0.2, -0.15) is 0 Å². The summed E-state index contributed by atoms with van der Waals surface area (Å²) in [7, 11) is 1.69. The van der Waals surface area contributed by atoms with Crippen molar-refractivity contribution in [3.8, 4) is 11.5 Å². The summed E-state index contributed by atoms with van der Waals surface area (Å²) in [6.45, 7) is 4.02. The molecule has 1 aliphatic heterocycles. The smallest absolute Gasteiger partial charge is 0.138 e. The molecule has 1 aromatic carbocycles. The van der Waals surface area contributed by atoms with Crippen LogP contribution in [0.15, 0.2) is 17.0 Å². The third kappa shape index (κ3) is 2.44. The Morgan fingerprint density at radius 2 is 2.25 bits per heavy atom. The van der Waals surface area contributed by atoms with Crippen molar-refractivity contribution in [3.05, 3.63) is 17.7 Å². The molecule has 1 heterocycles. The van der Waals surface area contributed by atoms with Crippen LogP contribution in [-0.2, 0) is 6.42 Å². The van der Waals surface area contributed by atoms with Crippen LogP contribution in [-0.4, -0.2) is 18.6 Å². The largest absolute Gasteiger partial charge is 0.496 e. The maximum Gasteiger partial charge on any atom is 0.138 e. The maximum absolute atomic E-state index is 6.03. The lowest BCUT2D eigenvalue weighted by atomic mass is 9.95. The molecule has 0 aromatic heterocycles. The molecule has 0 bridgehead atoms. The number of rotatable bonds is 3. The second-order valence-corrected chi connectivity index (χ2v) is 5.65. The number of benzene rings is 1. The summed E-state index contributed by atoms with van der Waals surface area (Å²) < 4.78 is 10.9. The summed E-state index contributed by atoms with van der Waals surface area (Å²) in [4.78, 5) is 1.15. The van der Waals surface area contributed by atoms with Crippen LogP contribution in [0.25, 0.3) is 0 Å². The van der Waals surface area contributed by atoms with Crippen LogP contribution in [0, 0.1) is 0 Å². The average Bonchev–Trinajstić information content (AvgIpc) is 2.60. The molecule has 3 nitrogen and oxygen atoms in total. The second kappa shape index (κ2) is 4.18. The molecule has 0 aliphatic carbocycles. The zero-order valence-electron chi connectivity index (χ0n) is 9.87. The van der Waals surface area contributed by atoms with E-state index in [-0.39, 0.29) is 5.54 Å². The quantitative estimate of drug-likeness (QED) is 0.879. The Morgan fingerprint density at radius 1 is 1.50 bits per heavy atom. The number of fused-ring (bicyclic) bond motifs is 1. The fourth-order valence-corrected chi connectivity index (χ4v) is 2.55. The highest BCUT2D eigenvalue weighted by molar-refractivity contribution is 7.99. The van der Waals surface area contributed by atoms with Crippen molar-refractivity contribution >= 4 is 11.8 Å². The Morgan fingerprint density at radius 3 is 2.88 bits per heavy atom. The third-order valence-electron chi connectivity index (χ3n) is 2.42. The molecule has 88 valence electrons. The topological polar surface area (TPSA) is 44.5 Å². The molecule has 16 heavy (non-hydrogen) atoms. The minimum absolute atomic E-state index is 0.243. The molecule has 0 saturated heterocycles. The molecule has 0 amide bonds. The highest BCUT2D eigenvalue weighted by Gasteiger charge is 2.20.